The molecule has 1 saturated heterocycles. The van der Waals surface area contributed by atoms with Crippen LogP contribution in [0.4, 0.5) is 17.1 Å². The molecule has 6 nitrogen and oxygen atoms in total. The van der Waals surface area contributed by atoms with Crippen LogP contribution in [0.15, 0.2) is 64.8 Å². The SMILES string of the molecule is COc1ccc(N=Nc2c(O)cc(N3CCOCC3)c3ccccc23)cc1. The molecule has 1 aliphatic rings. The highest BCUT2D eigenvalue weighted by Crippen LogP contribution is 2.42. The van der Waals surface area contributed by atoms with Gasteiger partial charge in [-0.3, -0.25) is 0 Å². The Labute approximate surface area is 157 Å². The molecule has 4 rings (SSSR count). The first-order chi connectivity index (χ1) is 13.3. The predicted octanol–water partition coefficient (Wildman–Crippen LogP) is 4.81. The zero-order valence-electron chi connectivity index (χ0n) is 15.1. The Balaban J connectivity index is 1.74. The highest BCUT2D eigenvalue weighted by molar-refractivity contribution is 6.03. The lowest BCUT2D eigenvalue weighted by Crippen LogP contribution is -2.36. The number of fused-ring (bicyclic) bond motifs is 1. The number of phenols is 1. The molecule has 0 atom stereocenters. The number of rotatable bonds is 4. The Morgan fingerprint density at radius 1 is 0.963 bits per heavy atom. The van der Waals surface area contributed by atoms with Crippen molar-refractivity contribution in [3.63, 3.8) is 0 Å². The van der Waals surface area contributed by atoms with Gasteiger partial charge in [0.05, 0.1) is 26.0 Å². The zero-order valence-corrected chi connectivity index (χ0v) is 15.1. The number of morpholine rings is 1. The number of aromatic hydroxyl groups is 1. The van der Waals surface area contributed by atoms with E-state index in [9.17, 15) is 5.11 Å². The minimum atomic E-state index is 0.118. The first-order valence-electron chi connectivity index (χ1n) is 8.89. The molecule has 0 unspecified atom stereocenters. The fraction of sp³-hybridized carbons (Fsp3) is 0.238. The molecule has 138 valence electrons. The van der Waals surface area contributed by atoms with E-state index in [0.717, 1.165) is 35.3 Å². The Morgan fingerprint density at radius 2 is 1.67 bits per heavy atom. The third-order valence-corrected chi connectivity index (χ3v) is 4.66. The molecule has 27 heavy (non-hydrogen) atoms. The van der Waals surface area contributed by atoms with Crippen LogP contribution in [0.25, 0.3) is 10.8 Å². The van der Waals surface area contributed by atoms with Crippen molar-refractivity contribution in [1.82, 2.24) is 0 Å². The summed E-state index contributed by atoms with van der Waals surface area (Å²) in [5.41, 5.74) is 2.16. The van der Waals surface area contributed by atoms with Gasteiger partial charge >= 0.3 is 0 Å². The zero-order chi connectivity index (χ0) is 18.6. The smallest absolute Gasteiger partial charge is 0.145 e. The number of methoxy groups -OCH3 is 1. The number of ether oxygens (including phenoxy) is 2. The van der Waals surface area contributed by atoms with Crippen LogP contribution in [0.3, 0.4) is 0 Å². The minimum Gasteiger partial charge on any atom is -0.506 e. The van der Waals surface area contributed by atoms with Crippen LogP contribution in [-0.2, 0) is 4.74 Å². The number of benzene rings is 3. The molecule has 0 saturated carbocycles. The highest BCUT2D eigenvalue weighted by atomic mass is 16.5. The van der Waals surface area contributed by atoms with Crippen molar-refractivity contribution >= 4 is 27.8 Å². The number of hydrogen-bond acceptors (Lipinski definition) is 6. The van der Waals surface area contributed by atoms with E-state index in [4.69, 9.17) is 9.47 Å². The van der Waals surface area contributed by atoms with Gasteiger partial charge in [0.2, 0.25) is 0 Å². The Bertz CT molecular complexity index is 964. The summed E-state index contributed by atoms with van der Waals surface area (Å²) in [7, 11) is 1.62. The molecule has 0 amide bonds. The summed E-state index contributed by atoms with van der Waals surface area (Å²) in [6.45, 7) is 2.98. The third-order valence-electron chi connectivity index (χ3n) is 4.66. The second-order valence-corrected chi connectivity index (χ2v) is 6.31. The Hall–Kier alpha value is -3.12. The van der Waals surface area contributed by atoms with Crippen molar-refractivity contribution in [3.8, 4) is 11.5 Å². The molecular formula is C21H21N3O3. The Morgan fingerprint density at radius 3 is 2.37 bits per heavy atom. The Kier molecular flexibility index (Phi) is 4.89. The van der Waals surface area contributed by atoms with Gasteiger partial charge in [0.1, 0.15) is 17.2 Å². The van der Waals surface area contributed by atoms with E-state index >= 15 is 0 Å². The van der Waals surface area contributed by atoms with Crippen LogP contribution in [0.1, 0.15) is 0 Å². The van der Waals surface area contributed by atoms with Gasteiger partial charge in [0.15, 0.2) is 0 Å². The standard InChI is InChI=1S/C21H21N3O3/c1-26-16-8-6-15(7-9-16)22-23-21-18-5-3-2-4-17(18)19(14-20(21)25)24-10-12-27-13-11-24/h2-9,14,25H,10-13H2,1H3. The van der Waals surface area contributed by atoms with Crippen molar-refractivity contribution < 1.29 is 14.6 Å². The van der Waals surface area contributed by atoms with Crippen LogP contribution >= 0.6 is 0 Å². The van der Waals surface area contributed by atoms with Gasteiger partial charge in [-0.05, 0) is 24.3 Å². The van der Waals surface area contributed by atoms with E-state index in [1.807, 2.05) is 48.5 Å². The summed E-state index contributed by atoms with van der Waals surface area (Å²) in [5.74, 6) is 0.879. The molecule has 0 bridgehead atoms. The van der Waals surface area contributed by atoms with Crippen molar-refractivity contribution in [3.05, 3.63) is 54.6 Å². The van der Waals surface area contributed by atoms with Crippen molar-refractivity contribution in [2.45, 2.75) is 0 Å². The molecule has 0 aromatic heterocycles. The molecule has 0 aliphatic carbocycles. The summed E-state index contributed by atoms with van der Waals surface area (Å²) in [6, 6.07) is 17.0. The maximum Gasteiger partial charge on any atom is 0.145 e. The topological polar surface area (TPSA) is 66.7 Å². The van der Waals surface area contributed by atoms with Crippen molar-refractivity contribution in [1.29, 1.82) is 0 Å². The summed E-state index contributed by atoms with van der Waals surface area (Å²) in [4.78, 5) is 2.23. The van der Waals surface area contributed by atoms with E-state index in [-0.39, 0.29) is 5.75 Å². The van der Waals surface area contributed by atoms with Crippen LogP contribution in [0.5, 0.6) is 11.5 Å². The third kappa shape index (κ3) is 3.57. The lowest BCUT2D eigenvalue weighted by molar-refractivity contribution is 0.123. The molecule has 1 N–H and O–H groups in total. The van der Waals surface area contributed by atoms with Crippen LogP contribution < -0.4 is 9.64 Å². The van der Waals surface area contributed by atoms with Gasteiger partial charge in [-0.15, -0.1) is 5.11 Å². The molecule has 0 radical (unpaired) electrons. The minimum absolute atomic E-state index is 0.118. The molecule has 3 aromatic carbocycles. The maximum atomic E-state index is 10.6. The lowest BCUT2D eigenvalue weighted by atomic mass is 10.0. The summed E-state index contributed by atoms with van der Waals surface area (Å²) in [5, 5.41) is 21.2. The maximum absolute atomic E-state index is 10.6. The average Bonchev–Trinajstić information content (AvgIpc) is 2.73. The fourth-order valence-electron chi connectivity index (χ4n) is 3.25. The first kappa shape index (κ1) is 17.3. The van der Waals surface area contributed by atoms with Crippen LogP contribution in [-0.4, -0.2) is 38.5 Å². The molecule has 1 fully saturated rings. The molecule has 1 heterocycles. The predicted molar refractivity (Wildman–Crippen MR) is 106 cm³/mol. The summed E-state index contributed by atoms with van der Waals surface area (Å²) >= 11 is 0. The van der Waals surface area contributed by atoms with Crippen molar-refractivity contribution in [2.75, 3.05) is 38.3 Å². The molecule has 1 aliphatic heterocycles. The van der Waals surface area contributed by atoms with Gasteiger partial charge < -0.3 is 19.5 Å². The molecular weight excluding hydrogens is 342 g/mol. The number of hydrogen-bond donors (Lipinski definition) is 1. The molecule has 3 aromatic rings. The highest BCUT2D eigenvalue weighted by Gasteiger charge is 2.18. The van der Waals surface area contributed by atoms with Gasteiger partial charge in [0, 0.05) is 35.6 Å². The van der Waals surface area contributed by atoms with Crippen LogP contribution in [0.2, 0.25) is 0 Å². The van der Waals surface area contributed by atoms with Gasteiger partial charge in [-0.2, -0.15) is 5.11 Å². The van der Waals surface area contributed by atoms with Crippen molar-refractivity contribution in [2.24, 2.45) is 10.2 Å². The number of nitrogens with zero attached hydrogens (tertiary/aromatic N) is 3. The van der Waals surface area contributed by atoms with Gasteiger partial charge in [-0.1, -0.05) is 24.3 Å². The average molecular weight is 363 g/mol. The van der Waals surface area contributed by atoms with Gasteiger partial charge in [-0.25, -0.2) is 0 Å². The number of phenolic OH excluding ortho intramolecular Hbond substituents is 1. The van der Waals surface area contributed by atoms with Crippen LogP contribution in [0, 0.1) is 0 Å². The molecule has 0 spiro atoms. The lowest BCUT2D eigenvalue weighted by Gasteiger charge is -2.30. The van der Waals surface area contributed by atoms with E-state index in [1.165, 1.54) is 0 Å². The number of azo groups is 1. The second-order valence-electron chi connectivity index (χ2n) is 6.31. The fourth-order valence-corrected chi connectivity index (χ4v) is 3.25. The largest absolute Gasteiger partial charge is 0.506 e. The van der Waals surface area contributed by atoms with Gasteiger partial charge in [0.25, 0.3) is 0 Å². The quantitative estimate of drug-likeness (QED) is 0.676. The van der Waals surface area contributed by atoms with E-state index < -0.39 is 0 Å². The monoisotopic (exact) mass is 363 g/mol. The first-order valence-corrected chi connectivity index (χ1v) is 8.89. The summed E-state index contributed by atoms with van der Waals surface area (Å²) < 4.78 is 10.6. The van der Waals surface area contributed by atoms with E-state index in [1.54, 1.807) is 13.2 Å². The van der Waals surface area contributed by atoms with E-state index in [0.29, 0.717) is 24.6 Å². The van der Waals surface area contributed by atoms with E-state index in [2.05, 4.69) is 15.1 Å². The second kappa shape index (κ2) is 7.63. The normalized spacial score (nSPS) is 14.8. The summed E-state index contributed by atoms with van der Waals surface area (Å²) in [6.07, 6.45) is 0. The number of anilines is 1. The molecule has 6 heteroatoms.